The van der Waals surface area contributed by atoms with Crippen LogP contribution in [0.5, 0.6) is 5.75 Å². The molecule has 23 heavy (non-hydrogen) atoms. The Balaban J connectivity index is 1.42. The summed E-state index contributed by atoms with van der Waals surface area (Å²) in [5, 5.41) is 11.9. The van der Waals surface area contributed by atoms with Crippen LogP contribution in [0.3, 0.4) is 0 Å². The van der Waals surface area contributed by atoms with Gasteiger partial charge in [0.2, 0.25) is 0 Å². The van der Waals surface area contributed by atoms with Crippen LogP contribution in [0.25, 0.3) is 10.8 Å². The van der Waals surface area contributed by atoms with Crippen LogP contribution in [-0.2, 0) is 0 Å². The first-order valence-electron chi connectivity index (χ1n) is 8.45. The van der Waals surface area contributed by atoms with Crippen LogP contribution >= 0.6 is 0 Å². The molecule has 0 spiro atoms. The number of benzene rings is 2. The number of hydrogen-bond donors (Lipinski definition) is 1. The Morgan fingerprint density at radius 2 is 1.70 bits per heavy atom. The number of aliphatic hydroxyl groups is 1. The standard InChI is InChI=1S/C19H26N2O2/c1-16(22)15-21-10-8-20(9-11-21)12-13-23-19-7-6-17-4-2-3-5-18(17)14-19/h2-7,14,16,22H,8-13,15H2,1H3/t16-/m0/s1. The SMILES string of the molecule is C[C@H](O)CN1CCN(CCOc2ccc3ccccc3c2)CC1. The fraction of sp³-hybridized carbons (Fsp3) is 0.474. The number of fused-ring (bicyclic) bond motifs is 1. The lowest BCUT2D eigenvalue weighted by Crippen LogP contribution is -2.49. The molecule has 1 N–H and O–H groups in total. The van der Waals surface area contributed by atoms with Gasteiger partial charge >= 0.3 is 0 Å². The highest BCUT2D eigenvalue weighted by molar-refractivity contribution is 5.83. The number of nitrogens with zero attached hydrogens (tertiary/aromatic N) is 2. The summed E-state index contributed by atoms with van der Waals surface area (Å²) >= 11 is 0. The fourth-order valence-corrected chi connectivity index (χ4v) is 3.12. The van der Waals surface area contributed by atoms with Gasteiger partial charge in [0.1, 0.15) is 12.4 Å². The van der Waals surface area contributed by atoms with Gasteiger partial charge in [-0.25, -0.2) is 0 Å². The van der Waals surface area contributed by atoms with Crippen molar-refractivity contribution in [1.29, 1.82) is 0 Å². The van der Waals surface area contributed by atoms with Crippen molar-refractivity contribution in [2.24, 2.45) is 0 Å². The Morgan fingerprint density at radius 3 is 2.43 bits per heavy atom. The zero-order valence-electron chi connectivity index (χ0n) is 13.8. The number of ether oxygens (including phenoxy) is 1. The van der Waals surface area contributed by atoms with E-state index in [2.05, 4.69) is 46.2 Å². The van der Waals surface area contributed by atoms with Crippen LogP contribution in [0, 0.1) is 0 Å². The second-order valence-electron chi connectivity index (χ2n) is 6.35. The first kappa shape index (κ1) is 16.2. The molecule has 0 aliphatic carbocycles. The lowest BCUT2D eigenvalue weighted by atomic mass is 10.1. The Kier molecular flexibility index (Phi) is 5.49. The van der Waals surface area contributed by atoms with Crippen LogP contribution in [0.15, 0.2) is 42.5 Å². The highest BCUT2D eigenvalue weighted by Gasteiger charge is 2.17. The van der Waals surface area contributed by atoms with Gasteiger partial charge in [0.25, 0.3) is 0 Å². The third-order valence-corrected chi connectivity index (χ3v) is 4.38. The summed E-state index contributed by atoms with van der Waals surface area (Å²) in [7, 11) is 0. The lowest BCUT2D eigenvalue weighted by molar-refractivity contribution is 0.0750. The smallest absolute Gasteiger partial charge is 0.120 e. The molecule has 0 unspecified atom stereocenters. The maximum Gasteiger partial charge on any atom is 0.120 e. The van der Waals surface area contributed by atoms with Gasteiger partial charge in [-0.2, -0.15) is 0 Å². The van der Waals surface area contributed by atoms with Gasteiger partial charge in [0.15, 0.2) is 0 Å². The van der Waals surface area contributed by atoms with E-state index < -0.39 is 0 Å². The van der Waals surface area contributed by atoms with Gasteiger partial charge in [0.05, 0.1) is 6.10 Å². The van der Waals surface area contributed by atoms with Gasteiger partial charge in [-0.15, -0.1) is 0 Å². The van der Waals surface area contributed by atoms with Crippen LogP contribution in [-0.4, -0.2) is 66.9 Å². The molecular weight excluding hydrogens is 288 g/mol. The third-order valence-electron chi connectivity index (χ3n) is 4.38. The summed E-state index contributed by atoms with van der Waals surface area (Å²) in [5.41, 5.74) is 0. The average molecular weight is 314 g/mol. The Hall–Kier alpha value is -1.62. The molecule has 0 radical (unpaired) electrons. The van der Waals surface area contributed by atoms with E-state index in [9.17, 15) is 5.11 Å². The second-order valence-corrected chi connectivity index (χ2v) is 6.35. The van der Waals surface area contributed by atoms with Gasteiger partial charge in [-0.3, -0.25) is 9.80 Å². The summed E-state index contributed by atoms with van der Waals surface area (Å²) in [6.45, 7) is 8.46. The summed E-state index contributed by atoms with van der Waals surface area (Å²) in [4.78, 5) is 4.75. The minimum Gasteiger partial charge on any atom is -0.492 e. The molecule has 0 aromatic heterocycles. The second kappa shape index (κ2) is 7.77. The van der Waals surface area contributed by atoms with Crippen molar-refractivity contribution in [3.05, 3.63) is 42.5 Å². The number of rotatable bonds is 6. The molecule has 124 valence electrons. The normalized spacial score (nSPS) is 18.2. The number of aliphatic hydroxyl groups excluding tert-OH is 1. The molecule has 1 fully saturated rings. The zero-order chi connectivity index (χ0) is 16.1. The monoisotopic (exact) mass is 314 g/mol. The van der Waals surface area contributed by atoms with E-state index in [1.165, 1.54) is 10.8 Å². The van der Waals surface area contributed by atoms with Gasteiger partial charge in [-0.05, 0) is 29.8 Å². The molecule has 1 aliphatic heterocycles. The van der Waals surface area contributed by atoms with Crippen LogP contribution in [0.4, 0.5) is 0 Å². The predicted molar refractivity (Wildman–Crippen MR) is 94.0 cm³/mol. The molecule has 1 aliphatic rings. The predicted octanol–water partition coefficient (Wildman–Crippen LogP) is 2.22. The van der Waals surface area contributed by atoms with Crippen LogP contribution < -0.4 is 4.74 Å². The number of hydrogen-bond acceptors (Lipinski definition) is 4. The molecule has 0 amide bonds. The van der Waals surface area contributed by atoms with Crippen molar-refractivity contribution in [1.82, 2.24) is 9.80 Å². The van der Waals surface area contributed by atoms with Crippen molar-refractivity contribution in [3.8, 4) is 5.75 Å². The van der Waals surface area contributed by atoms with Gasteiger partial charge in [0, 0.05) is 39.3 Å². The van der Waals surface area contributed by atoms with E-state index in [0.717, 1.165) is 51.6 Å². The van der Waals surface area contributed by atoms with Crippen molar-refractivity contribution >= 4 is 10.8 Å². The summed E-state index contributed by atoms with van der Waals surface area (Å²) in [6.07, 6.45) is -0.238. The largest absolute Gasteiger partial charge is 0.492 e. The first-order chi connectivity index (χ1) is 11.2. The third kappa shape index (κ3) is 4.67. The topological polar surface area (TPSA) is 35.9 Å². The van der Waals surface area contributed by atoms with Crippen LogP contribution in [0.2, 0.25) is 0 Å². The minimum atomic E-state index is -0.238. The Morgan fingerprint density at radius 1 is 1.00 bits per heavy atom. The highest BCUT2D eigenvalue weighted by Crippen LogP contribution is 2.20. The van der Waals surface area contributed by atoms with Crippen molar-refractivity contribution in [2.45, 2.75) is 13.0 Å². The number of piperazine rings is 1. The molecule has 0 bridgehead atoms. The molecule has 1 saturated heterocycles. The van der Waals surface area contributed by atoms with Crippen molar-refractivity contribution < 1.29 is 9.84 Å². The molecule has 1 atom stereocenters. The molecule has 2 aromatic carbocycles. The van der Waals surface area contributed by atoms with Crippen molar-refractivity contribution in [2.75, 3.05) is 45.9 Å². The molecule has 4 nitrogen and oxygen atoms in total. The lowest BCUT2D eigenvalue weighted by Gasteiger charge is -2.35. The van der Waals surface area contributed by atoms with E-state index in [0.29, 0.717) is 0 Å². The van der Waals surface area contributed by atoms with E-state index >= 15 is 0 Å². The van der Waals surface area contributed by atoms with Crippen LogP contribution in [0.1, 0.15) is 6.92 Å². The minimum absolute atomic E-state index is 0.238. The molecule has 1 heterocycles. The van der Waals surface area contributed by atoms with Gasteiger partial charge in [-0.1, -0.05) is 30.3 Å². The summed E-state index contributed by atoms with van der Waals surface area (Å²) in [5.74, 6) is 0.941. The fourth-order valence-electron chi connectivity index (χ4n) is 3.12. The zero-order valence-corrected chi connectivity index (χ0v) is 13.8. The molecule has 4 heteroatoms. The maximum absolute atomic E-state index is 9.44. The Bertz CT molecular complexity index is 622. The van der Waals surface area contributed by atoms with E-state index in [-0.39, 0.29) is 6.10 Å². The van der Waals surface area contributed by atoms with E-state index in [1.807, 2.05) is 13.0 Å². The Labute approximate surface area is 138 Å². The molecule has 3 rings (SSSR count). The quantitative estimate of drug-likeness (QED) is 0.887. The van der Waals surface area contributed by atoms with Crippen molar-refractivity contribution in [3.63, 3.8) is 0 Å². The summed E-state index contributed by atoms with van der Waals surface area (Å²) < 4.78 is 5.91. The first-order valence-corrected chi connectivity index (χ1v) is 8.45. The van der Waals surface area contributed by atoms with E-state index in [1.54, 1.807) is 0 Å². The molecule has 2 aromatic rings. The maximum atomic E-state index is 9.44. The average Bonchev–Trinajstić information content (AvgIpc) is 2.56. The molecular formula is C19H26N2O2. The molecule has 0 saturated carbocycles. The van der Waals surface area contributed by atoms with Gasteiger partial charge < -0.3 is 9.84 Å². The van der Waals surface area contributed by atoms with E-state index in [4.69, 9.17) is 4.74 Å². The number of β-amino-alcohol motifs (C(OH)–C–C–N with tert-alkyl or cyclic N) is 1. The highest BCUT2D eigenvalue weighted by atomic mass is 16.5. The summed E-state index contributed by atoms with van der Waals surface area (Å²) in [6, 6.07) is 14.6.